The van der Waals surface area contributed by atoms with Crippen LogP contribution in [0, 0.1) is 0 Å². The predicted octanol–water partition coefficient (Wildman–Crippen LogP) is 3.99. The molecule has 31 heavy (non-hydrogen) atoms. The van der Waals surface area contributed by atoms with Crippen LogP contribution in [0.3, 0.4) is 0 Å². The van der Waals surface area contributed by atoms with Gasteiger partial charge < -0.3 is 19.9 Å². The van der Waals surface area contributed by atoms with Crippen molar-refractivity contribution in [2.45, 2.75) is 24.4 Å². The van der Waals surface area contributed by atoms with Crippen LogP contribution < -0.4 is 15.2 Å². The second-order valence-electron chi connectivity index (χ2n) is 7.39. The number of ether oxygens (including phenoxy) is 3. The van der Waals surface area contributed by atoms with Gasteiger partial charge in [-0.25, -0.2) is 4.98 Å². The van der Waals surface area contributed by atoms with Crippen LogP contribution in [-0.2, 0) is 14.9 Å². The van der Waals surface area contributed by atoms with Crippen LogP contribution in [0.5, 0.6) is 11.5 Å². The van der Waals surface area contributed by atoms with Gasteiger partial charge in [-0.3, -0.25) is 9.59 Å². The first kappa shape index (κ1) is 19.8. The molecule has 0 bridgehead atoms. The lowest BCUT2D eigenvalue weighted by Crippen LogP contribution is -2.25. The van der Waals surface area contributed by atoms with Gasteiger partial charge in [0.15, 0.2) is 22.6 Å². The molecule has 1 atom stereocenters. The Kier molecular flexibility index (Phi) is 4.83. The van der Waals surface area contributed by atoms with Crippen molar-refractivity contribution < 1.29 is 23.8 Å². The van der Waals surface area contributed by atoms with Gasteiger partial charge in [-0.1, -0.05) is 35.9 Å². The third kappa shape index (κ3) is 3.51. The third-order valence-electron chi connectivity index (χ3n) is 5.47. The van der Waals surface area contributed by atoms with Gasteiger partial charge in [0.2, 0.25) is 6.79 Å². The molecule has 1 aliphatic carbocycles. The molecule has 158 valence electrons. The van der Waals surface area contributed by atoms with E-state index in [1.807, 2.05) is 18.2 Å². The van der Waals surface area contributed by atoms with Crippen molar-refractivity contribution in [2.24, 2.45) is 5.73 Å². The fraction of sp³-hybridized carbons (Fsp3) is 0.227. The average molecular weight is 457 g/mol. The Morgan fingerprint density at radius 2 is 1.94 bits per heavy atom. The van der Waals surface area contributed by atoms with Crippen molar-refractivity contribution in [1.82, 2.24) is 4.98 Å². The van der Waals surface area contributed by atoms with E-state index in [1.54, 1.807) is 24.3 Å². The molecule has 1 aromatic heterocycles. The number of hydrogen-bond acceptors (Lipinski definition) is 7. The van der Waals surface area contributed by atoms with E-state index in [1.165, 1.54) is 6.20 Å². The highest BCUT2D eigenvalue weighted by atomic mass is 35.5. The van der Waals surface area contributed by atoms with E-state index in [0.29, 0.717) is 39.8 Å². The smallest absolute Gasteiger partial charge is 0.317 e. The molecule has 1 unspecified atom stereocenters. The second-order valence-corrected chi connectivity index (χ2v) is 8.86. The third-order valence-corrected chi connectivity index (χ3v) is 6.87. The van der Waals surface area contributed by atoms with Crippen molar-refractivity contribution in [3.63, 3.8) is 0 Å². The molecule has 2 heterocycles. The Bertz CT molecular complexity index is 1190. The quantitative estimate of drug-likeness (QED) is 0.563. The molecule has 0 spiro atoms. The number of fused-ring (bicyclic) bond motifs is 1. The van der Waals surface area contributed by atoms with E-state index in [0.717, 1.165) is 16.9 Å². The van der Waals surface area contributed by atoms with E-state index in [-0.39, 0.29) is 17.8 Å². The number of nitrogens with zero attached hydrogens (tertiary/aromatic N) is 1. The summed E-state index contributed by atoms with van der Waals surface area (Å²) >= 11 is 7.48. The average Bonchev–Trinajstić information content (AvgIpc) is 3.20. The molecule has 2 aromatic carbocycles. The number of hydrogen-bond donors (Lipinski definition) is 1. The lowest BCUT2D eigenvalue weighted by molar-refractivity contribution is -0.150. The number of halogens is 1. The van der Waals surface area contributed by atoms with Crippen LogP contribution in [0.4, 0.5) is 0 Å². The molecule has 2 N–H and O–H groups in total. The van der Waals surface area contributed by atoms with Crippen molar-refractivity contribution in [1.29, 1.82) is 0 Å². The molecule has 9 heteroatoms. The van der Waals surface area contributed by atoms with Gasteiger partial charge in [0.1, 0.15) is 0 Å². The van der Waals surface area contributed by atoms with Crippen LogP contribution in [0.25, 0.3) is 0 Å². The van der Waals surface area contributed by atoms with Crippen molar-refractivity contribution in [3.05, 3.63) is 74.7 Å². The van der Waals surface area contributed by atoms with Crippen LogP contribution in [-0.4, -0.2) is 23.7 Å². The minimum Gasteiger partial charge on any atom is -0.454 e. The Morgan fingerprint density at radius 1 is 1.16 bits per heavy atom. The number of esters is 1. The van der Waals surface area contributed by atoms with E-state index >= 15 is 0 Å². The lowest BCUT2D eigenvalue weighted by Gasteiger charge is -2.22. The molecular formula is C22H17ClN2O5S. The standard InChI is InChI=1S/C22H17ClN2O5S/c23-14-4-2-1-3-13(14)18(17-10-25-20(31-17)19(24)26)30-21(27)22(7-8-22)12-5-6-15-16(9-12)29-11-28-15/h1-6,9-10,18H,7-8,11H2,(H2,24,26). The summed E-state index contributed by atoms with van der Waals surface area (Å²) in [4.78, 5) is 29.5. The highest BCUT2D eigenvalue weighted by Gasteiger charge is 2.54. The summed E-state index contributed by atoms with van der Waals surface area (Å²) in [6.07, 6.45) is 2.01. The fourth-order valence-electron chi connectivity index (χ4n) is 3.63. The summed E-state index contributed by atoms with van der Waals surface area (Å²) in [7, 11) is 0. The summed E-state index contributed by atoms with van der Waals surface area (Å²) < 4.78 is 16.8. The van der Waals surface area contributed by atoms with Crippen molar-refractivity contribution in [3.8, 4) is 11.5 Å². The molecule has 5 rings (SSSR count). The number of primary amides is 1. The maximum absolute atomic E-state index is 13.4. The Hall–Kier alpha value is -3.10. The lowest BCUT2D eigenvalue weighted by atomic mass is 9.95. The van der Waals surface area contributed by atoms with Crippen molar-refractivity contribution in [2.75, 3.05) is 6.79 Å². The molecule has 1 saturated carbocycles. The second kappa shape index (κ2) is 7.55. The van der Waals surface area contributed by atoms with Crippen LogP contribution >= 0.6 is 22.9 Å². The number of carbonyl (C=O) groups is 2. The minimum absolute atomic E-state index is 0.139. The van der Waals surface area contributed by atoms with E-state index in [9.17, 15) is 9.59 Å². The maximum atomic E-state index is 13.4. The first-order valence-corrected chi connectivity index (χ1v) is 10.8. The molecule has 0 radical (unpaired) electrons. The Morgan fingerprint density at radius 3 is 2.65 bits per heavy atom. The van der Waals surface area contributed by atoms with E-state index < -0.39 is 17.4 Å². The molecular weight excluding hydrogens is 440 g/mol. The van der Waals surface area contributed by atoms with E-state index in [4.69, 9.17) is 31.5 Å². The topological polar surface area (TPSA) is 101 Å². The number of thiazole rings is 1. The summed E-state index contributed by atoms with van der Waals surface area (Å²) in [6.45, 7) is 0.165. The zero-order valence-corrected chi connectivity index (χ0v) is 17.7. The van der Waals surface area contributed by atoms with Crippen LogP contribution in [0.2, 0.25) is 5.02 Å². The minimum atomic E-state index is -0.807. The van der Waals surface area contributed by atoms with Gasteiger partial charge in [0.25, 0.3) is 5.91 Å². The van der Waals surface area contributed by atoms with Gasteiger partial charge in [-0.05, 0) is 36.6 Å². The van der Waals surface area contributed by atoms with Gasteiger partial charge >= 0.3 is 5.97 Å². The summed E-state index contributed by atoms with van der Waals surface area (Å²) in [6, 6.07) is 12.6. The molecule has 2 aliphatic rings. The fourth-order valence-corrected chi connectivity index (χ4v) is 4.69. The summed E-state index contributed by atoms with van der Waals surface area (Å²) in [5.41, 5.74) is 6.03. The summed E-state index contributed by atoms with van der Waals surface area (Å²) in [5.74, 6) is 0.267. The van der Waals surface area contributed by atoms with Crippen molar-refractivity contribution >= 4 is 34.8 Å². The van der Waals surface area contributed by atoms with Gasteiger partial charge in [0.05, 0.1) is 10.3 Å². The number of nitrogens with two attached hydrogens (primary N) is 1. The maximum Gasteiger partial charge on any atom is 0.317 e. The Labute approximate surface area is 186 Å². The number of amides is 1. The molecule has 1 fully saturated rings. The molecule has 7 nitrogen and oxygen atoms in total. The van der Waals surface area contributed by atoms with Crippen LogP contribution in [0.1, 0.15) is 44.8 Å². The predicted molar refractivity (Wildman–Crippen MR) is 113 cm³/mol. The first-order chi connectivity index (χ1) is 15.0. The van der Waals surface area contributed by atoms with Gasteiger partial charge in [-0.15, -0.1) is 11.3 Å². The zero-order valence-electron chi connectivity index (χ0n) is 16.2. The largest absolute Gasteiger partial charge is 0.454 e. The monoisotopic (exact) mass is 456 g/mol. The summed E-state index contributed by atoms with van der Waals surface area (Å²) in [5, 5.41) is 0.585. The number of carbonyl (C=O) groups excluding carboxylic acids is 2. The number of benzene rings is 2. The SMILES string of the molecule is NC(=O)c1ncc(C(OC(=O)C2(c3ccc4c(c3)OCO4)CC2)c2ccccc2Cl)s1. The van der Waals surface area contributed by atoms with Gasteiger partial charge in [0, 0.05) is 16.8 Å². The number of rotatable bonds is 6. The molecule has 1 aliphatic heterocycles. The molecule has 3 aromatic rings. The van der Waals surface area contributed by atoms with E-state index in [2.05, 4.69) is 4.98 Å². The Balaban J connectivity index is 1.48. The highest BCUT2D eigenvalue weighted by molar-refractivity contribution is 7.13. The van der Waals surface area contributed by atoms with Crippen LogP contribution in [0.15, 0.2) is 48.7 Å². The highest BCUT2D eigenvalue weighted by Crippen LogP contribution is 2.52. The zero-order chi connectivity index (χ0) is 21.6. The molecule has 0 saturated heterocycles. The number of aromatic nitrogens is 1. The molecule has 1 amide bonds. The normalized spacial score (nSPS) is 16.5. The van der Waals surface area contributed by atoms with Gasteiger partial charge in [-0.2, -0.15) is 0 Å². The first-order valence-electron chi connectivity index (χ1n) is 9.59.